The van der Waals surface area contributed by atoms with E-state index in [1.54, 1.807) is 34.0 Å². The minimum absolute atomic E-state index is 0.184. The zero-order chi connectivity index (χ0) is 26.0. The normalized spacial score (nSPS) is 11.1. The average molecular weight is 496 g/mol. The molecule has 1 aromatic carbocycles. The fourth-order valence-electron chi connectivity index (χ4n) is 4.13. The van der Waals surface area contributed by atoms with Crippen LogP contribution in [0.4, 0.5) is 5.00 Å². The number of amides is 2. The van der Waals surface area contributed by atoms with Crippen LogP contribution in [0.25, 0.3) is 10.9 Å². The van der Waals surface area contributed by atoms with Gasteiger partial charge in [-0.15, -0.1) is 17.9 Å². The van der Waals surface area contributed by atoms with E-state index < -0.39 is 5.97 Å². The molecule has 3 rings (SSSR count). The summed E-state index contributed by atoms with van der Waals surface area (Å²) in [5, 5.41) is 4.21. The fourth-order valence-corrected chi connectivity index (χ4v) is 5.34. The first kappa shape index (κ1) is 26.2. The van der Waals surface area contributed by atoms with Crippen LogP contribution >= 0.6 is 11.3 Å². The SMILES string of the molecule is C=CCn1c(C(=O)Nc2sc(C(=O)N(C)C)c(C)c2C(=O)OCC)c(C)c2cc(C(C)C)ccc21. The number of thiophene rings is 1. The maximum atomic E-state index is 13.7. The molecule has 0 fully saturated rings. The molecule has 0 aliphatic carbocycles. The summed E-state index contributed by atoms with van der Waals surface area (Å²) in [6.45, 7) is 14.1. The lowest BCUT2D eigenvalue weighted by Gasteiger charge is -2.11. The maximum Gasteiger partial charge on any atom is 0.341 e. The average Bonchev–Trinajstić information content (AvgIpc) is 3.27. The minimum Gasteiger partial charge on any atom is -0.462 e. The number of carbonyl (C=O) groups is 3. The number of nitrogens with zero attached hydrogens (tertiary/aromatic N) is 2. The number of hydrogen-bond acceptors (Lipinski definition) is 5. The van der Waals surface area contributed by atoms with E-state index in [4.69, 9.17) is 4.74 Å². The predicted octanol–water partition coefficient (Wildman–Crippen LogP) is 5.76. The van der Waals surface area contributed by atoms with E-state index in [2.05, 4.69) is 37.9 Å². The molecule has 0 atom stereocenters. The molecule has 0 saturated heterocycles. The van der Waals surface area contributed by atoms with Gasteiger partial charge in [-0.2, -0.15) is 0 Å². The summed E-state index contributed by atoms with van der Waals surface area (Å²) in [6.07, 6.45) is 1.75. The molecule has 7 nitrogen and oxygen atoms in total. The van der Waals surface area contributed by atoms with Gasteiger partial charge in [0.1, 0.15) is 10.7 Å². The number of ether oxygens (including phenoxy) is 1. The molecule has 0 spiro atoms. The molecule has 0 aliphatic rings. The molecule has 0 bridgehead atoms. The Morgan fingerprint density at radius 3 is 2.46 bits per heavy atom. The van der Waals surface area contributed by atoms with Crippen LogP contribution in [0.3, 0.4) is 0 Å². The molecule has 0 aliphatic heterocycles. The Bertz CT molecular complexity index is 1310. The van der Waals surface area contributed by atoms with Crippen molar-refractivity contribution in [1.82, 2.24) is 9.47 Å². The Labute approximate surface area is 210 Å². The van der Waals surface area contributed by atoms with Crippen LogP contribution in [0.15, 0.2) is 30.9 Å². The second kappa shape index (κ2) is 10.5. The molecule has 35 heavy (non-hydrogen) atoms. The number of fused-ring (bicyclic) bond motifs is 1. The molecule has 1 N–H and O–H groups in total. The molecule has 0 unspecified atom stereocenters. The van der Waals surface area contributed by atoms with E-state index in [0.717, 1.165) is 27.8 Å². The first-order valence-corrected chi connectivity index (χ1v) is 12.4. The van der Waals surface area contributed by atoms with Crippen LogP contribution in [0.2, 0.25) is 0 Å². The van der Waals surface area contributed by atoms with E-state index in [0.29, 0.717) is 33.6 Å². The quantitative estimate of drug-likeness (QED) is 0.318. The second-order valence-corrected chi connectivity index (χ2v) is 9.96. The number of esters is 1. The lowest BCUT2D eigenvalue weighted by atomic mass is 10.0. The number of benzene rings is 1. The van der Waals surface area contributed by atoms with Crippen LogP contribution in [-0.4, -0.2) is 48.0 Å². The Kier molecular flexibility index (Phi) is 7.85. The van der Waals surface area contributed by atoms with Gasteiger partial charge in [0.05, 0.1) is 17.0 Å². The van der Waals surface area contributed by atoms with Gasteiger partial charge in [0, 0.05) is 31.5 Å². The number of carbonyl (C=O) groups excluding carboxylic acids is 3. The third-order valence-corrected chi connectivity index (χ3v) is 7.18. The van der Waals surface area contributed by atoms with Crippen LogP contribution in [0.5, 0.6) is 0 Å². The molecule has 2 heterocycles. The monoisotopic (exact) mass is 495 g/mol. The van der Waals surface area contributed by atoms with Gasteiger partial charge in [0.2, 0.25) is 0 Å². The molecule has 0 saturated carbocycles. The zero-order valence-electron chi connectivity index (χ0n) is 21.4. The van der Waals surface area contributed by atoms with Crippen molar-refractivity contribution in [3.63, 3.8) is 0 Å². The van der Waals surface area contributed by atoms with Gasteiger partial charge < -0.3 is 19.5 Å². The summed E-state index contributed by atoms with van der Waals surface area (Å²) in [5.41, 5.74) is 4.16. The number of nitrogens with one attached hydrogen (secondary N) is 1. The Morgan fingerprint density at radius 1 is 1.20 bits per heavy atom. The molecule has 2 amide bonds. The first-order chi connectivity index (χ1) is 16.5. The minimum atomic E-state index is -0.570. The summed E-state index contributed by atoms with van der Waals surface area (Å²) in [7, 11) is 3.29. The van der Waals surface area contributed by atoms with Gasteiger partial charge in [-0.3, -0.25) is 9.59 Å². The van der Waals surface area contributed by atoms with Gasteiger partial charge in [0.15, 0.2) is 0 Å². The van der Waals surface area contributed by atoms with Crippen molar-refractivity contribution in [2.45, 2.75) is 47.1 Å². The van der Waals surface area contributed by atoms with Crippen molar-refractivity contribution < 1.29 is 19.1 Å². The lowest BCUT2D eigenvalue weighted by molar-refractivity contribution is 0.0527. The fraction of sp³-hybridized carbons (Fsp3) is 0.370. The van der Waals surface area contributed by atoms with Crippen molar-refractivity contribution in [2.24, 2.45) is 0 Å². The van der Waals surface area contributed by atoms with Gasteiger partial charge in [0.25, 0.3) is 11.8 Å². The Morgan fingerprint density at radius 2 is 1.89 bits per heavy atom. The van der Waals surface area contributed by atoms with Crippen molar-refractivity contribution in [1.29, 1.82) is 0 Å². The highest BCUT2D eigenvalue weighted by atomic mass is 32.1. The summed E-state index contributed by atoms with van der Waals surface area (Å²) in [4.78, 5) is 41.0. The van der Waals surface area contributed by atoms with Gasteiger partial charge in [-0.1, -0.05) is 26.0 Å². The molecule has 0 radical (unpaired) electrons. The van der Waals surface area contributed by atoms with E-state index in [1.165, 1.54) is 10.5 Å². The van der Waals surface area contributed by atoms with Gasteiger partial charge >= 0.3 is 5.97 Å². The smallest absolute Gasteiger partial charge is 0.341 e. The molecule has 3 aromatic rings. The lowest BCUT2D eigenvalue weighted by Crippen LogP contribution is -2.21. The number of rotatable bonds is 8. The summed E-state index contributed by atoms with van der Waals surface area (Å²) in [6, 6.07) is 6.23. The summed E-state index contributed by atoms with van der Waals surface area (Å²) < 4.78 is 7.16. The highest BCUT2D eigenvalue weighted by Gasteiger charge is 2.29. The highest BCUT2D eigenvalue weighted by molar-refractivity contribution is 7.18. The van der Waals surface area contributed by atoms with Crippen LogP contribution in [0.1, 0.15) is 73.9 Å². The predicted molar refractivity (Wildman–Crippen MR) is 142 cm³/mol. The summed E-state index contributed by atoms with van der Waals surface area (Å²) in [5.74, 6) is -0.814. The number of anilines is 1. The number of aromatic nitrogens is 1. The van der Waals surface area contributed by atoms with Crippen molar-refractivity contribution in [2.75, 3.05) is 26.0 Å². The maximum absolute atomic E-state index is 13.7. The largest absolute Gasteiger partial charge is 0.462 e. The number of allylic oxidation sites excluding steroid dienone is 1. The van der Waals surface area contributed by atoms with E-state index in [-0.39, 0.29) is 24.0 Å². The van der Waals surface area contributed by atoms with Crippen LogP contribution in [-0.2, 0) is 11.3 Å². The molecule has 8 heteroatoms. The van der Waals surface area contributed by atoms with Crippen molar-refractivity contribution in [3.8, 4) is 0 Å². The summed E-state index contributed by atoms with van der Waals surface area (Å²) >= 11 is 1.08. The van der Waals surface area contributed by atoms with Gasteiger partial charge in [-0.05, 0) is 55.5 Å². The number of aryl methyl sites for hydroxylation is 1. The molecular weight excluding hydrogens is 462 g/mol. The second-order valence-electron chi connectivity index (χ2n) is 8.94. The Balaban J connectivity index is 2.15. The number of hydrogen-bond donors (Lipinski definition) is 1. The van der Waals surface area contributed by atoms with E-state index >= 15 is 0 Å². The first-order valence-electron chi connectivity index (χ1n) is 11.6. The standard InChI is InChI=1S/C27H33N3O4S/c1-9-13-30-20-12-11-18(15(3)4)14-19(20)16(5)22(30)24(31)28-25-21(27(33)34-10-2)17(6)23(35-25)26(32)29(7)8/h9,11-12,14-15H,1,10,13H2,2-8H3,(H,28,31). The third kappa shape index (κ3) is 4.89. The van der Waals surface area contributed by atoms with Crippen LogP contribution < -0.4 is 5.32 Å². The van der Waals surface area contributed by atoms with E-state index in [9.17, 15) is 14.4 Å². The highest BCUT2D eigenvalue weighted by Crippen LogP contribution is 2.36. The molecule has 2 aromatic heterocycles. The van der Waals surface area contributed by atoms with Crippen molar-refractivity contribution >= 4 is 45.0 Å². The van der Waals surface area contributed by atoms with Crippen LogP contribution in [0, 0.1) is 13.8 Å². The topological polar surface area (TPSA) is 80.6 Å². The third-order valence-electron chi connectivity index (χ3n) is 5.99. The van der Waals surface area contributed by atoms with Gasteiger partial charge in [-0.25, -0.2) is 4.79 Å². The zero-order valence-corrected chi connectivity index (χ0v) is 22.3. The van der Waals surface area contributed by atoms with Crippen molar-refractivity contribution in [3.05, 3.63) is 63.7 Å². The van der Waals surface area contributed by atoms with E-state index in [1.807, 2.05) is 17.6 Å². The molecular formula is C27H33N3O4S. The Hall–Kier alpha value is -3.39. The molecule has 186 valence electrons.